The van der Waals surface area contributed by atoms with E-state index >= 15 is 0 Å². The van der Waals surface area contributed by atoms with E-state index in [0.29, 0.717) is 23.6 Å². The molecule has 1 aliphatic carbocycles. The van der Waals surface area contributed by atoms with Gasteiger partial charge in [0.1, 0.15) is 17.7 Å². The number of nitrogens with one attached hydrogen (secondary N) is 1. The van der Waals surface area contributed by atoms with Crippen LogP contribution in [0.4, 0.5) is 5.82 Å². The molecule has 5 nitrogen and oxygen atoms in total. The molecule has 16 heavy (non-hydrogen) atoms. The molecule has 0 aromatic carbocycles. The lowest BCUT2D eigenvalue weighted by Gasteiger charge is -2.15. The second-order valence-electron chi connectivity index (χ2n) is 4.22. The number of aryl methyl sites for hydroxylation is 1. The maximum absolute atomic E-state index is 5.88. The molecule has 3 N–H and O–H groups in total. The third-order valence-corrected chi connectivity index (χ3v) is 2.93. The summed E-state index contributed by atoms with van der Waals surface area (Å²) in [5.74, 6) is 7.37. The lowest BCUT2D eigenvalue weighted by molar-refractivity contribution is 0.199. The molecule has 0 spiro atoms. The summed E-state index contributed by atoms with van der Waals surface area (Å²) in [6.07, 6.45) is 5.03. The molecule has 0 aliphatic heterocycles. The molecule has 1 aliphatic rings. The summed E-state index contributed by atoms with van der Waals surface area (Å²) in [5, 5.41) is 0. The number of nitrogens with two attached hydrogens (primary N) is 1. The number of hydrogen-bond acceptors (Lipinski definition) is 5. The average molecular weight is 222 g/mol. The van der Waals surface area contributed by atoms with Crippen molar-refractivity contribution in [1.82, 2.24) is 9.97 Å². The van der Waals surface area contributed by atoms with Crippen molar-refractivity contribution in [3.05, 3.63) is 11.4 Å². The Balaban J connectivity index is 2.21. The third kappa shape index (κ3) is 2.24. The Morgan fingerprint density at radius 1 is 1.25 bits per heavy atom. The van der Waals surface area contributed by atoms with Crippen LogP contribution in [0.1, 0.15) is 37.1 Å². The Kier molecular flexibility index (Phi) is 3.24. The molecule has 0 amide bonds. The highest BCUT2D eigenvalue weighted by Crippen LogP contribution is 2.27. The summed E-state index contributed by atoms with van der Waals surface area (Å²) in [5.41, 5.74) is 3.45. The zero-order valence-electron chi connectivity index (χ0n) is 9.79. The quantitative estimate of drug-likeness (QED) is 0.601. The first-order valence-corrected chi connectivity index (χ1v) is 5.69. The molecule has 5 heteroatoms. The molecule has 1 heterocycles. The lowest BCUT2D eigenvalue weighted by atomic mass is 10.3. The van der Waals surface area contributed by atoms with Gasteiger partial charge in [0.25, 0.3) is 0 Å². The maximum atomic E-state index is 5.88. The van der Waals surface area contributed by atoms with Crippen LogP contribution < -0.4 is 16.0 Å². The number of nitrogen functional groups attached to an aromatic ring is 1. The summed E-state index contributed by atoms with van der Waals surface area (Å²) < 4.78 is 5.88. The van der Waals surface area contributed by atoms with Crippen LogP contribution in [-0.2, 0) is 0 Å². The summed E-state index contributed by atoms with van der Waals surface area (Å²) in [4.78, 5) is 8.52. The molecule has 1 aromatic rings. The van der Waals surface area contributed by atoms with Crippen LogP contribution in [0, 0.1) is 13.8 Å². The van der Waals surface area contributed by atoms with Gasteiger partial charge in [-0.3, -0.25) is 0 Å². The van der Waals surface area contributed by atoms with E-state index in [1.54, 1.807) is 0 Å². The standard InChI is InChI=1S/C11H18N4O/c1-7-10(15-12)13-8(2)14-11(7)16-9-5-3-4-6-9/h9H,3-6,12H2,1-2H3,(H,13,14,15). The second kappa shape index (κ2) is 4.65. The Morgan fingerprint density at radius 2 is 1.94 bits per heavy atom. The fourth-order valence-electron chi connectivity index (χ4n) is 2.02. The van der Waals surface area contributed by atoms with Gasteiger partial charge in [0, 0.05) is 0 Å². The van der Waals surface area contributed by atoms with Gasteiger partial charge in [0.05, 0.1) is 5.56 Å². The minimum Gasteiger partial charge on any atom is -0.474 e. The third-order valence-electron chi connectivity index (χ3n) is 2.93. The fourth-order valence-corrected chi connectivity index (χ4v) is 2.02. The van der Waals surface area contributed by atoms with Crippen molar-refractivity contribution in [2.24, 2.45) is 5.84 Å². The molecule has 1 fully saturated rings. The van der Waals surface area contributed by atoms with E-state index in [1.165, 1.54) is 12.8 Å². The summed E-state index contributed by atoms with van der Waals surface area (Å²) in [7, 11) is 0. The Hall–Kier alpha value is -1.36. The van der Waals surface area contributed by atoms with Gasteiger partial charge in [0.15, 0.2) is 0 Å². The normalized spacial score (nSPS) is 16.4. The minimum atomic E-state index is 0.304. The SMILES string of the molecule is Cc1nc(NN)c(C)c(OC2CCCC2)n1. The molecule has 1 saturated carbocycles. The highest BCUT2D eigenvalue weighted by Gasteiger charge is 2.19. The maximum Gasteiger partial charge on any atom is 0.222 e. The van der Waals surface area contributed by atoms with Crippen LogP contribution in [0.3, 0.4) is 0 Å². The highest BCUT2D eigenvalue weighted by atomic mass is 16.5. The largest absolute Gasteiger partial charge is 0.474 e. The zero-order valence-corrected chi connectivity index (χ0v) is 9.79. The van der Waals surface area contributed by atoms with Gasteiger partial charge in [-0.2, -0.15) is 4.98 Å². The van der Waals surface area contributed by atoms with E-state index in [2.05, 4.69) is 15.4 Å². The van der Waals surface area contributed by atoms with Crippen molar-refractivity contribution < 1.29 is 4.74 Å². The smallest absolute Gasteiger partial charge is 0.222 e. The number of ether oxygens (including phenoxy) is 1. The van der Waals surface area contributed by atoms with Crippen molar-refractivity contribution in [1.29, 1.82) is 0 Å². The van der Waals surface area contributed by atoms with Gasteiger partial charge in [0.2, 0.25) is 5.88 Å². The molecule has 2 rings (SSSR count). The molecular weight excluding hydrogens is 204 g/mol. The van der Waals surface area contributed by atoms with Crippen LogP contribution in [-0.4, -0.2) is 16.1 Å². The van der Waals surface area contributed by atoms with Gasteiger partial charge in [-0.05, 0) is 39.5 Å². The topological polar surface area (TPSA) is 73.1 Å². The zero-order chi connectivity index (χ0) is 11.5. The van der Waals surface area contributed by atoms with E-state index in [0.717, 1.165) is 18.4 Å². The number of hydrazine groups is 1. The van der Waals surface area contributed by atoms with E-state index in [1.807, 2.05) is 13.8 Å². The Labute approximate surface area is 95.4 Å². The van der Waals surface area contributed by atoms with E-state index in [-0.39, 0.29) is 0 Å². The van der Waals surface area contributed by atoms with E-state index < -0.39 is 0 Å². The minimum absolute atomic E-state index is 0.304. The summed E-state index contributed by atoms with van der Waals surface area (Å²) in [6.45, 7) is 3.75. The first kappa shape index (κ1) is 11.1. The number of aromatic nitrogens is 2. The first-order chi connectivity index (χ1) is 7.70. The van der Waals surface area contributed by atoms with Gasteiger partial charge in [-0.25, -0.2) is 10.8 Å². The molecular formula is C11H18N4O. The average Bonchev–Trinajstić information content (AvgIpc) is 2.75. The molecule has 0 atom stereocenters. The molecule has 88 valence electrons. The fraction of sp³-hybridized carbons (Fsp3) is 0.636. The van der Waals surface area contributed by atoms with Crippen LogP contribution in [0.25, 0.3) is 0 Å². The predicted octanol–water partition coefficient (Wildman–Crippen LogP) is 1.70. The summed E-state index contributed by atoms with van der Waals surface area (Å²) >= 11 is 0. The van der Waals surface area contributed by atoms with Crippen LogP contribution in [0.5, 0.6) is 5.88 Å². The van der Waals surface area contributed by atoms with Crippen molar-refractivity contribution in [3.8, 4) is 5.88 Å². The molecule has 0 bridgehead atoms. The second-order valence-corrected chi connectivity index (χ2v) is 4.22. The first-order valence-electron chi connectivity index (χ1n) is 5.69. The number of rotatable bonds is 3. The lowest BCUT2D eigenvalue weighted by Crippen LogP contribution is -2.16. The van der Waals surface area contributed by atoms with Gasteiger partial charge in [-0.15, -0.1) is 0 Å². The summed E-state index contributed by atoms with van der Waals surface area (Å²) in [6, 6.07) is 0. The van der Waals surface area contributed by atoms with Crippen LogP contribution >= 0.6 is 0 Å². The van der Waals surface area contributed by atoms with Crippen molar-refractivity contribution in [2.45, 2.75) is 45.6 Å². The van der Waals surface area contributed by atoms with Crippen molar-refractivity contribution in [3.63, 3.8) is 0 Å². The van der Waals surface area contributed by atoms with Gasteiger partial charge < -0.3 is 10.2 Å². The van der Waals surface area contributed by atoms with Crippen molar-refractivity contribution >= 4 is 5.82 Å². The molecule has 0 saturated heterocycles. The number of nitrogens with zero attached hydrogens (tertiary/aromatic N) is 2. The molecule has 0 radical (unpaired) electrons. The van der Waals surface area contributed by atoms with Crippen LogP contribution in [0.2, 0.25) is 0 Å². The number of anilines is 1. The van der Waals surface area contributed by atoms with Gasteiger partial charge in [-0.1, -0.05) is 0 Å². The van der Waals surface area contributed by atoms with Crippen LogP contribution in [0.15, 0.2) is 0 Å². The molecule has 1 aromatic heterocycles. The Morgan fingerprint density at radius 3 is 2.56 bits per heavy atom. The van der Waals surface area contributed by atoms with Gasteiger partial charge >= 0.3 is 0 Å². The molecule has 0 unspecified atom stereocenters. The Bertz CT molecular complexity index is 374. The number of hydrogen-bond donors (Lipinski definition) is 2. The van der Waals surface area contributed by atoms with E-state index in [9.17, 15) is 0 Å². The highest BCUT2D eigenvalue weighted by molar-refractivity contribution is 5.47. The van der Waals surface area contributed by atoms with E-state index in [4.69, 9.17) is 10.6 Å². The predicted molar refractivity (Wildman–Crippen MR) is 62.2 cm³/mol. The monoisotopic (exact) mass is 222 g/mol. The van der Waals surface area contributed by atoms with Crippen molar-refractivity contribution in [2.75, 3.05) is 5.43 Å².